The zero-order valence-corrected chi connectivity index (χ0v) is 15.2. The molecule has 0 spiro atoms. The van der Waals surface area contributed by atoms with Crippen LogP contribution in [0.15, 0.2) is 24.5 Å². The maximum atomic E-state index is 13.3. The lowest BCUT2D eigenvalue weighted by atomic mass is 10.0. The number of fused-ring (bicyclic) bond motifs is 1. The van der Waals surface area contributed by atoms with E-state index < -0.39 is 0 Å². The van der Waals surface area contributed by atoms with E-state index >= 15 is 0 Å². The molecule has 0 unspecified atom stereocenters. The molecule has 6 heteroatoms. The summed E-state index contributed by atoms with van der Waals surface area (Å²) in [5.74, 6) is 0.722. The first-order valence-corrected chi connectivity index (χ1v) is 9.79. The second-order valence-electron chi connectivity index (χ2n) is 7.65. The Balaban J connectivity index is 1.25. The van der Waals surface area contributed by atoms with Crippen LogP contribution in [0.2, 0.25) is 0 Å². The summed E-state index contributed by atoms with van der Waals surface area (Å²) >= 11 is 0. The summed E-state index contributed by atoms with van der Waals surface area (Å²) in [6.45, 7) is 5.28. The van der Waals surface area contributed by atoms with E-state index in [1.54, 1.807) is 12.4 Å². The molecule has 2 fully saturated rings. The van der Waals surface area contributed by atoms with Gasteiger partial charge in [0, 0.05) is 51.8 Å². The van der Waals surface area contributed by atoms with Crippen molar-refractivity contribution in [2.45, 2.75) is 38.6 Å². The Hall–Kier alpha value is -1.95. The molecular formula is C20H27FN4O. The van der Waals surface area contributed by atoms with Gasteiger partial charge in [0.05, 0.1) is 17.4 Å². The Bertz CT molecular complexity index is 760. The molecule has 2 aliphatic rings. The van der Waals surface area contributed by atoms with Crippen LogP contribution in [0.3, 0.4) is 0 Å². The molecule has 1 saturated heterocycles. The number of nitrogens with zero attached hydrogens (tertiary/aromatic N) is 4. The number of imidazole rings is 1. The van der Waals surface area contributed by atoms with Crippen LogP contribution in [0.25, 0.3) is 11.0 Å². The zero-order chi connectivity index (χ0) is 17.9. The molecule has 1 aliphatic carbocycles. The Morgan fingerprint density at radius 1 is 1.12 bits per heavy atom. The Morgan fingerprint density at radius 2 is 1.88 bits per heavy atom. The molecule has 0 N–H and O–H groups in total. The van der Waals surface area contributed by atoms with Crippen LogP contribution in [0.4, 0.5) is 4.39 Å². The fourth-order valence-electron chi connectivity index (χ4n) is 4.28. The van der Waals surface area contributed by atoms with Gasteiger partial charge in [0.25, 0.3) is 0 Å². The predicted molar refractivity (Wildman–Crippen MR) is 99.3 cm³/mol. The predicted octanol–water partition coefficient (Wildman–Crippen LogP) is 2.90. The quantitative estimate of drug-likeness (QED) is 0.825. The highest BCUT2D eigenvalue weighted by Gasteiger charge is 2.25. The van der Waals surface area contributed by atoms with Gasteiger partial charge in [0.15, 0.2) is 0 Å². The van der Waals surface area contributed by atoms with E-state index in [-0.39, 0.29) is 5.82 Å². The minimum absolute atomic E-state index is 0.249. The van der Waals surface area contributed by atoms with E-state index in [1.807, 2.05) is 4.90 Å². The Labute approximate surface area is 153 Å². The molecule has 2 heterocycles. The van der Waals surface area contributed by atoms with Gasteiger partial charge in [-0.1, -0.05) is 12.8 Å². The maximum Gasteiger partial charge on any atom is 0.222 e. The number of rotatable bonds is 5. The molecule has 0 bridgehead atoms. The second kappa shape index (κ2) is 7.74. The third-order valence-corrected chi connectivity index (χ3v) is 5.90. The summed E-state index contributed by atoms with van der Waals surface area (Å²) in [4.78, 5) is 21.2. The first kappa shape index (κ1) is 17.5. The summed E-state index contributed by atoms with van der Waals surface area (Å²) in [5.41, 5.74) is 1.67. The van der Waals surface area contributed by atoms with Crippen LogP contribution in [-0.2, 0) is 11.3 Å². The highest BCUT2D eigenvalue weighted by atomic mass is 19.1. The topological polar surface area (TPSA) is 41.4 Å². The first-order valence-electron chi connectivity index (χ1n) is 9.79. The summed E-state index contributed by atoms with van der Waals surface area (Å²) in [6.07, 6.45) is 7.58. The summed E-state index contributed by atoms with van der Waals surface area (Å²) in [5, 5.41) is 0. The number of hydrogen-bond acceptors (Lipinski definition) is 3. The van der Waals surface area contributed by atoms with Gasteiger partial charge in [-0.2, -0.15) is 0 Å². The van der Waals surface area contributed by atoms with Crippen molar-refractivity contribution in [3.05, 3.63) is 30.3 Å². The van der Waals surface area contributed by atoms with Gasteiger partial charge in [-0.05, 0) is 30.9 Å². The summed E-state index contributed by atoms with van der Waals surface area (Å²) in [6, 6.07) is 4.74. The van der Waals surface area contributed by atoms with Gasteiger partial charge < -0.3 is 9.47 Å². The van der Waals surface area contributed by atoms with Gasteiger partial charge in [0.2, 0.25) is 5.91 Å². The van der Waals surface area contributed by atoms with Crippen molar-refractivity contribution >= 4 is 16.9 Å². The highest BCUT2D eigenvalue weighted by molar-refractivity contribution is 5.76. The van der Waals surface area contributed by atoms with Crippen molar-refractivity contribution < 1.29 is 9.18 Å². The molecule has 26 heavy (non-hydrogen) atoms. The number of carbonyl (C=O) groups is 1. The van der Waals surface area contributed by atoms with Crippen LogP contribution in [0.1, 0.15) is 32.1 Å². The number of piperazine rings is 1. The van der Waals surface area contributed by atoms with E-state index in [9.17, 15) is 9.18 Å². The largest absolute Gasteiger partial charge is 0.340 e. The average Bonchev–Trinajstić information content (AvgIpc) is 3.29. The van der Waals surface area contributed by atoms with Gasteiger partial charge in [0.1, 0.15) is 5.82 Å². The minimum atomic E-state index is -0.249. The number of hydrogen-bond donors (Lipinski definition) is 0. The van der Waals surface area contributed by atoms with Crippen LogP contribution >= 0.6 is 0 Å². The fourth-order valence-corrected chi connectivity index (χ4v) is 4.28. The molecule has 5 nitrogen and oxygen atoms in total. The van der Waals surface area contributed by atoms with Crippen LogP contribution in [0.5, 0.6) is 0 Å². The zero-order valence-electron chi connectivity index (χ0n) is 15.2. The molecular weight excluding hydrogens is 331 g/mol. The van der Waals surface area contributed by atoms with E-state index in [0.717, 1.165) is 51.2 Å². The smallest absolute Gasteiger partial charge is 0.222 e. The molecule has 1 aromatic heterocycles. The fraction of sp³-hybridized carbons (Fsp3) is 0.600. The highest BCUT2D eigenvalue weighted by Crippen LogP contribution is 2.28. The van der Waals surface area contributed by atoms with E-state index in [1.165, 1.54) is 37.8 Å². The van der Waals surface area contributed by atoms with Gasteiger partial charge in [-0.15, -0.1) is 0 Å². The number of halogens is 1. The molecule has 1 saturated carbocycles. The van der Waals surface area contributed by atoms with Crippen molar-refractivity contribution in [2.75, 3.05) is 32.7 Å². The number of benzene rings is 1. The number of carbonyl (C=O) groups excluding carboxylic acids is 1. The molecule has 1 aromatic carbocycles. The molecule has 2 aromatic rings. The molecule has 140 valence electrons. The van der Waals surface area contributed by atoms with Crippen molar-refractivity contribution in [1.82, 2.24) is 19.4 Å². The summed E-state index contributed by atoms with van der Waals surface area (Å²) in [7, 11) is 0. The average molecular weight is 358 g/mol. The van der Waals surface area contributed by atoms with Gasteiger partial charge in [-0.25, -0.2) is 9.37 Å². The van der Waals surface area contributed by atoms with Crippen molar-refractivity contribution in [2.24, 2.45) is 5.92 Å². The lowest BCUT2D eigenvalue weighted by Gasteiger charge is -2.35. The van der Waals surface area contributed by atoms with E-state index in [0.29, 0.717) is 17.3 Å². The minimum Gasteiger partial charge on any atom is -0.340 e. The first-order chi connectivity index (χ1) is 12.7. The summed E-state index contributed by atoms with van der Waals surface area (Å²) < 4.78 is 15.3. The monoisotopic (exact) mass is 358 g/mol. The normalized spacial score (nSPS) is 19.5. The molecule has 4 rings (SSSR count). The molecule has 0 atom stereocenters. The van der Waals surface area contributed by atoms with Crippen molar-refractivity contribution in [3.8, 4) is 0 Å². The third-order valence-electron chi connectivity index (χ3n) is 5.90. The SMILES string of the molecule is O=C(CC1CCCC1)N1CCN(CCn2cnc3cc(F)ccc32)CC1. The molecule has 0 radical (unpaired) electrons. The van der Waals surface area contributed by atoms with E-state index in [4.69, 9.17) is 0 Å². The van der Waals surface area contributed by atoms with Crippen LogP contribution in [-0.4, -0.2) is 58.0 Å². The number of amides is 1. The van der Waals surface area contributed by atoms with Crippen molar-refractivity contribution in [3.63, 3.8) is 0 Å². The Kier molecular flexibility index (Phi) is 5.20. The van der Waals surface area contributed by atoms with Gasteiger partial charge >= 0.3 is 0 Å². The maximum absolute atomic E-state index is 13.3. The van der Waals surface area contributed by atoms with Crippen molar-refractivity contribution in [1.29, 1.82) is 0 Å². The van der Waals surface area contributed by atoms with Crippen LogP contribution < -0.4 is 0 Å². The van der Waals surface area contributed by atoms with Crippen LogP contribution in [0, 0.1) is 11.7 Å². The molecule has 1 aliphatic heterocycles. The van der Waals surface area contributed by atoms with E-state index in [2.05, 4.69) is 14.5 Å². The second-order valence-corrected chi connectivity index (χ2v) is 7.65. The molecule has 1 amide bonds. The standard InChI is InChI=1S/C20H27FN4O/c21-17-5-6-19-18(14-17)22-15-25(19)12-9-23-7-10-24(11-8-23)20(26)13-16-3-1-2-4-16/h5-6,14-16H,1-4,7-13H2. The lowest BCUT2D eigenvalue weighted by Crippen LogP contribution is -2.49. The Morgan fingerprint density at radius 3 is 2.65 bits per heavy atom. The number of aromatic nitrogens is 2. The van der Waals surface area contributed by atoms with Gasteiger partial charge in [-0.3, -0.25) is 9.69 Å². The lowest BCUT2D eigenvalue weighted by molar-refractivity contribution is -0.133. The third kappa shape index (κ3) is 3.90.